The topological polar surface area (TPSA) is 55.8 Å². The zero-order chi connectivity index (χ0) is 20.7. The first-order valence-electron chi connectivity index (χ1n) is 11.7. The molecule has 0 aromatic rings. The van der Waals surface area contributed by atoms with Crippen LogP contribution in [0.1, 0.15) is 77.6 Å². The van der Waals surface area contributed by atoms with Crippen molar-refractivity contribution in [1.82, 2.24) is 0 Å². The summed E-state index contributed by atoms with van der Waals surface area (Å²) in [6.45, 7) is 3.24. The molecule has 0 amide bonds. The second-order valence-corrected chi connectivity index (χ2v) is 8.33. The number of aliphatic hydroxyl groups is 1. The summed E-state index contributed by atoms with van der Waals surface area (Å²) in [6, 6.07) is 0. The molecule has 0 unspecified atom stereocenters. The molecule has 0 aromatic heterocycles. The Labute approximate surface area is 177 Å². The lowest BCUT2D eigenvalue weighted by Gasteiger charge is -2.20. The normalized spacial score (nSPS) is 22.6. The van der Waals surface area contributed by atoms with E-state index >= 15 is 0 Å². The van der Waals surface area contributed by atoms with Gasteiger partial charge >= 0.3 is 5.97 Å². The third kappa shape index (κ3) is 9.66. The number of allylic oxidation sites excluding steroid dienone is 4. The maximum Gasteiger partial charge on any atom is 0.305 e. The largest absolute Gasteiger partial charge is 0.494 e. The molecule has 29 heavy (non-hydrogen) atoms. The molecule has 0 spiro atoms. The third-order valence-electron chi connectivity index (χ3n) is 6.12. The first-order chi connectivity index (χ1) is 14.2. The molecule has 2 aliphatic carbocycles. The first kappa shape index (κ1) is 23.7. The molecule has 1 fully saturated rings. The molecule has 164 valence electrons. The summed E-state index contributed by atoms with van der Waals surface area (Å²) in [6.07, 6.45) is 22.6. The Morgan fingerprint density at radius 1 is 1.31 bits per heavy atom. The van der Waals surface area contributed by atoms with Crippen molar-refractivity contribution in [2.24, 2.45) is 17.8 Å². The van der Waals surface area contributed by atoms with Gasteiger partial charge in [0.25, 0.3) is 0 Å². The highest BCUT2D eigenvalue weighted by Gasteiger charge is 2.25. The summed E-state index contributed by atoms with van der Waals surface area (Å²) < 4.78 is 10.8. The predicted molar refractivity (Wildman–Crippen MR) is 117 cm³/mol. The molecular formula is C25H40O4. The quantitative estimate of drug-likeness (QED) is 0.228. The second kappa shape index (κ2) is 14.4. The zero-order valence-corrected chi connectivity index (χ0v) is 18.2. The predicted octanol–water partition coefficient (Wildman–Crippen LogP) is 5.72. The Hall–Kier alpha value is -1.55. The summed E-state index contributed by atoms with van der Waals surface area (Å²) in [7, 11) is 0. The standard InChI is InChI=1S/C25H40O4/c1-2-28-25(27)16-8-10-21(20-26)17-18-23-13-9-12-22(23)11-6-7-19-29-24-14-4-3-5-15-24/h4,6,11,14-15,21-23,26H,2-3,5,7-10,12-13,16-20H2,1H3/b11-6+/t21-,22-,23+/m0/s1. The van der Waals surface area contributed by atoms with Crippen molar-refractivity contribution in [3.05, 3.63) is 36.1 Å². The Morgan fingerprint density at radius 3 is 2.97 bits per heavy atom. The van der Waals surface area contributed by atoms with E-state index in [0.717, 1.165) is 56.8 Å². The summed E-state index contributed by atoms with van der Waals surface area (Å²) >= 11 is 0. The number of carbonyl (C=O) groups is 1. The Bertz CT molecular complexity index is 549. The van der Waals surface area contributed by atoms with E-state index in [4.69, 9.17) is 9.47 Å². The Kier molecular flexibility index (Phi) is 11.8. The van der Waals surface area contributed by atoms with Gasteiger partial charge in [-0.3, -0.25) is 4.79 Å². The molecule has 4 heteroatoms. The number of esters is 1. The van der Waals surface area contributed by atoms with Crippen LogP contribution in [0.25, 0.3) is 0 Å². The minimum absolute atomic E-state index is 0.120. The van der Waals surface area contributed by atoms with Crippen LogP contribution in [0.15, 0.2) is 36.1 Å². The van der Waals surface area contributed by atoms with Gasteiger partial charge in [-0.15, -0.1) is 0 Å². The molecule has 3 atom stereocenters. The van der Waals surface area contributed by atoms with Crippen molar-refractivity contribution in [2.45, 2.75) is 77.6 Å². The highest BCUT2D eigenvalue weighted by atomic mass is 16.5. The fourth-order valence-electron chi connectivity index (χ4n) is 4.43. The monoisotopic (exact) mass is 404 g/mol. The molecule has 0 bridgehead atoms. The maximum absolute atomic E-state index is 11.5. The molecule has 0 heterocycles. The molecule has 1 saturated carbocycles. The number of aliphatic hydroxyl groups excluding tert-OH is 1. The summed E-state index contributed by atoms with van der Waals surface area (Å²) in [5, 5.41) is 9.69. The van der Waals surface area contributed by atoms with E-state index in [1.807, 2.05) is 6.92 Å². The van der Waals surface area contributed by atoms with Crippen LogP contribution < -0.4 is 0 Å². The van der Waals surface area contributed by atoms with E-state index in [1.54, 1.807) is 0 Å². The molecule has 2 aliphatic rings. The lowest BCUT2D eigenvalue weighted by molar-refractivity contribution is -0.143. The molecule has 0 radical (unpaired) electrons. The van der Waals surface area contributed by atoms with E-state index in [2.05, 4.69) is 30.4 Å². The van der Waals surface area contributed by atoms with Gasteiger partial charge in [0.05, 0.1) is 13.2 Å². The summed E-state index contributed by atoms with van der Waals surface area (Å²) in [5.41, 5.74) is 0. The van der Waals surface area contributed by atoms with Crippen LogP contribution in [0.4, 0.5) is 0 Å². The van der Waals surface area contributed by atoms with Crippen LogP contribution in [0.5, 0.6) is 0 Å². The lowest BCUT2D eigenvalue weighted by atomic mass is 9.86. The van der Waals surface area contributed by atoms with Crippen molar-refractivity contribution in [3.63, 3.8) is 0 Å². The molecule has 0 aliphatic heterocycles. The van der Waals surface area contributed by atoms with Gasteiger partial charge in [-0.1, -0.05) is 24.6 Å². The van der Waals surface area contributed by atoms with Gasteiger partial charge in [0, 0.05) is 13.0 Å². The van der Waals surface area contributed by atoms with Gasteiger partial charge in [-0.25, -0.2) is 0 Å². The molecule has 0 saturated heterocycles. The van der Waals surface area contributed by atoms with Gasteiger partial charge in [-0.05, 0) is 94.6 Å². The van der Waals surface area contributed by atoms with Crippen LogP contribution in [-0.4, -0.2) is 30.9 Å². The Balaban J connectivity index is 1.62. The van der Waals surface area contributed by atoms with E-state index in [0.29, 0.717) is 24.9 Å². The second-order valence-electron chi connectivity index (χ2n) is 8.33. The van der Waals surface area contributed by atoms with Crippen LogP contribution in [-0.2, 0) is 14.3 Å². The SMILES string of the molecule is CCOC(=O)CCC[C@H](CO)CC[C@H]1CCC[C@@H]1/C=C/CCOC1=CCCC=C1. The number of ether oxygens (including phenoxy) is 2. The average Bonchev–Trinajstić information content (AvgIpc) is 3.18. The minimum atomic E-state index is -0.120. The van der Waals surface area contributed by atoms with Crippen molar-refractivity contribution in [3.8, 4) is 0 Å². The molecule has 1 N–H and O–H groups in total. The van der Waals surface area contributed by atoms with Gasteiger partial charge in [-0.2, -0.15) is 0 Å². The van der Waals surface area contributed by atoms with Gasteiger partial charge < -0.3 is 14.6 Å². The fraction of sp³-hybridized carbons (Fsp3) is 0.720. The van der Waals surface area contributed by atoms with Crippen LogP contribution in [0.3, 0.4) is 0 Å². The third-order valence-corrected chi connectivity index (χ3v) is 6.12. The van der Waals surface area contributed by atoms with E-state index in [-0.39, 0.29) is 12.6 Å². The minimum Gasteiger partial charge on any atom is -0.494 e. The number of hydrogen-bond donors (Lipinski definition) is 1. The van der Waals surface area contributed by atoms with Crippen molar-refractivity contribution in [2.75, 3.05) is 19.8 Å². The summed E-state index contributed by atoms with van der Waals surface area (Å²) in [4.78, 5) is 11.5. The smallest absolute Gasteiger partial charge is 0.305 e. The fourth-order valence-corrected chi connectivity index (χ4v) is 4.43. The van der Waals surface area contributed by atoms with Crippen LogP contribution in [0.2, 0.25) is 0 Å². The van der Waals surface area contributed by atoms with E-state index < -0.39 is 0 Å². The Morgan fingerprint density at radius 2 is 2.21 bits per heavy atom. The van der Waals surface area contributed by atoms with Gasteiger partial charge in [0.15, 0.2) is 0 Å². The van der Waals surface area contributed by atoms with Crippen LogP contribution >= 0.6 is 0 Å². The average molecular weight is 405 g/mol. The van der Waals surface area contributed by atoms with Crippen molar-refractivity contribution < 1.29 is 19.4 Å². The highest BCUT2D eigenvalue weighted by Crippen LogP contribution is 2.37. The van der Waals surface area contributed by atoms with Crippen molar-refractivity contribution >= 4 is 5.97 Å². The number of hydrogen-bond acceptors (Lipinski definition) is 4. The van der Waals surface area contributed by atoms with Gasteiger partial charge in [0.2, 0.25) is 0 Å². The lowest BCUT2D eigenvalue weighted by Crippen LogP contribution is -2.12. The zero-order valence-electron chi connectivity index (χ0n) is 18.2. The molecular weight excluding hydrogens is 364 g/mol. The summed E-state index contributed by atoms with van der Waals surface area (Å²) in [5.74, 6) is 2.60. The first-order valence-corrected chi connectivity index (χ1v) is 11.7. The molecule has 2 rings (SSSR count). The highest BCUT2D eigenvalue weighted by molar-refractivity contribution is 5.69. The van der Waals surface area contributed by atoms with Crippen molar-refractivity contribution in [1.29, 1.82) is 0 Å². The van der Waals surface area contributed by atoms with E-state index in [1.165, 1.54) is 25.7 Å². The van der Waals surface area contributed by atoms with E-state index in [9.17, 15) is 9.90 Å². The number of rotatable bonds is 14. The number of carbonyl (C=O) groups excluding carboxylic acids is 1. The van der Waals surface area contributed by atoms with Crippen LogP contribution in [0, 0.1) is 17.8 Å². The maximum atomic E-state index is 11.5. The molecule has 0 aromatic carbocycles. The molecule has 4 nitrogen and oxygen atoms in total. The van der Waals surface area contributed by atoms with Gasteiger partial charge in [0.1, 0.15) is 5.76 Å².